The second kappa shape index (κ2) is 9.78. The zero-order valence-electron chi connectivity index (χ0n) is 16.4. The van der Waals surface area contributed by atoms with Gasteiger partial charge in [-0.1, -0.05) is 30.3 Å². The monoisotopic (exact) mass is 382 g/mol. The van der Waals surface area contributed by atoms with Gasteiger partial charge in [-0.3, -0.25) is 0 Å². The quantitative estimate of drug-likeness (QED) is 0.412. The number of hydrogen-bond acceptors (Lipinski definition) is 6. The number of hydrogen-bond donors (Lipinski definition) is 0. The molecule has 3 rings (SSSR count). The number of esters is 1. The Balaban J connectivity index is 1.76. The van der Waals surface area contributed by atoms with Gasteiger partial charge in [-0.25, -0.2) is 4.79 Å². The van der Waals surface area contributed by atoms with Crippen LogP contribution < -0.4 is 9.64 Å². The maximum absolute atomic E-state index is 12.1. The molecule has 1 aliphatic rings. The molecule has 1 aliphatic heterocycles. The third kappa shape index (κ3) is 4.82. The van der Waals surface area contributed by atoms with E-state index in [0.29, 0.717) is 17.0 Å². The number of carbonyl (C=O) groups is 1. The Kier molecular flexibility index (Phi) is 6.89. The van der Waals surface area contributed by atoms with E-state index in [0.717, 1.165) is 24.5 Å². The fourth-order valence-corrected chi connectivity index (χ4v) is 3.29. The second-order valence-electron chi connectivity index (χ2n) is 6.59. The van der Waals surface area contributed by atoms with Crippen molar-refractivity contribution in [2.24, 2.45) is 0 Å². The summed E-state index contributed by atoms with van der Waals surface area (Å²) in [6.07, 6.45) is 5.06. The Labute approximate surface area is 165 Å². The highest BCUT2D eigenvalue weighted by atomic mass is 16.5. The van der Waals surface area contributed by atoms with Gasteiger partial charge in [0.1, 0.15) is 18.0 Å². The van der Waals surface area contributed by atoms with E-state index in [1.807, 2.05) is 42.5 Å². The number of carbonyl (C=O) groups excluding carboxylic acids is 1. The third-order valence-electron chi connectivity index (χ3n) is 4.71. The molecule has 1 aromatic carbocycles. The molecule has 6 heteroatoms. The Morgan fingerprint density at radius 1 is 1.07 bits per heavy atom. The highest BCUT2D eigenvalue weighted by molar-refractivity contribution is 6.16. The summed E-state index contributed by atoms with van der Waals surface area (Å²) >= 11 is 0. The van der Waals surface area contributed by atoms with Crippen molar-refractivity contribution in [1.82, 2.24) is 4.98 Å². The van der Waals surface area contributed by atoms with Crippen LogP contribution in [0.5, 0.6) is 5.88 Å². The molecule has 2 heterocycles. The summed E-state index contributed by atoms with van der Waals surface area (Å²) in [5.74, 6) is 1.05. The number of benzene rings is 1. The molecule has 0 aliphatic carbocycles. The summed E-state index contributed by atoms with van der Waals surface area (Å²) < 4.78 is 15.9. The highest BCUT2D eigenvalue weighted by Crippen LogP contribution is 2.24. The highest BCUT2D eigenvalue weighted by Gasteiger charge is 2.17. The first-order valence-electron chi connectivity index (χ1n) is 9.47. The van der Waals surface area contributed by atoms with Gasteiger partial charge < -0.3 is 19.1 Å². The van der Waals surface area contributed by atoms with Crippen LogP contribution in [0, 0.1) is 0 Å². The molecule has 1 fully saturated rings. The van der Waals surface area contributed by atoms with Crippen molar-refractivity contribution in [3.63, 3.8) is 0 Å². The largest absolute Gasteiger partial charge is 0.503 e. The van der Waals surface area contributed by atoms with Crippen LogP contribution in [0.2, 0.25) is 0 Å². The summed E-state index contributed by atoms with van der Waals surface area (Å²) in [6, 6.07) is 13.4. The molecule has 0 N–H and O–H groups in total. The van der Waals surface area contributed by atoms with Gasteiger partial charge in [0.2, 0.25) is 5.88 Å². The van der Waals surface area contributed by atoms with E-state index in [4.69, 9.17) is 14.2 Å². The second-order valence-corrected chi connectivity index (χ2v) is 6.59. The van der Waals surface area contributed by atoms with Gasteiger partial charge in [0.15, 0.2) is 0 Å². The van der Waals surface area contributed by atoms with Crippen molar-refractivity contribution in [2.45, 2.75) is 25.9 Å². The summed E-state index contributed by atoms with van der Waals surface area (Å²) in [5.41, 5.74) is 1.91. The number of aromatic nitrogens is 1. The smallest absolute Gasteiger partial charge is 0.341 e. The van der Waals surface area contributed by atoms with E-state index in [9.17, 15) is 4.79 Å². The van der Waals surface area contributed by atoms with E-state index in [1.54, 1.807) is 0 Å². The maximum Gasteiger partial charge on any atom is 0.341 e. The fraction of sp³-hybridized carbons (Fsp3) is 0.364. The maximum atomic E-state index is 12.1. The number of pyridine rings is 1. The summed E-state index contributed by atoms with van der Waals surface area (Å²) in [7, 11) is 2.85. The number of anilines is 1. The topological polar surface area (TPSA) is 60.9 Å². The molecule has 0 saturated carbocycles. The molecular weight excluding hydrogens is 356 g/mol. The standard InChI is InChI=1S/C22H26N2O4/c1-26-16-19(22(25)27-2)18-10-5-4-9-17(18)15-28-21-12-8-11-20(23-21)24-13-6-3-7-14-24/h4-5,8-12,16H,3,6-7,13-15H2,1-2H3/b19-16+. The Bertz CT molecular complexity index is 829. The average Bonchev–Trinajstić information content (AvgIpc) is 2.76. The van der Waals surface area contributed by atoms with Crippen LogP contribution in [0.4, 0.5) is 5.82 Å². The van der Waals surface area contributed by atoms with Crippen LogP contribution in [-0.2, 0) is 20.9 Å². The summed E-state index contributed by atoms with van der Waals surface area (Å²) in [4.78, 5) is 19.1. The zero-order valence-corrected chi connectivity index (χ0v) is 16.4. The van der Waals surface area contributed by atoms with Gasteiger partial charge in [-0.2, -0.15) is 4.98 Å². The summed E-state index contributed by atoms with van der Waals surface area (Å²) in [6.45, 7) is 2.35. The Morgan fingerprint density at radius 3 is 2.61 bits per heavy atom. The fourth-order valence-electron chi connectivity index (χ4n) is 3.29. The molecule has 0 bridgehead atoms. The average molecular weight is 382 g/mol. The minimum atomic E-state index is -0.459. The van der Waals surface area contributed by atoms with Gasteiger partial charge in [0.25, 0.3) is 0 Å². The third-order valence-corrected chi connectivity index (χ3v) is 4.71. The number of piperidine rings is 1. The SMILES string of the molecule is CO/C=C(/C(=O)OC)c1ccccc1COc1cccc(N2CCCCC2)n1. The lowest BCUT2D eigenvalue weighted by molar-refractivity contribution is -0.133. The van der Waals surface area contributed by atoms with Crippen LogP contribution in [-0.4, -0.2) is 38.3 Å². The molecule has 0 unspecified atom stereocenters. The molecule has 0 amide bonds. The molecule has 0 spiro atoms. The first-order chi connectivity index (χ1) is 13.7. The van der Waals surface area contributed by atoms with Crippen molar-refractivity contribution in [2.75, 3.05) is 32.2 Å². The minimum absolute atomic E-state index is 0.282. The van der Waals surface area contributed by atoms with E-state index in [-0.39, 0.29) is 6.61 Å². The lowest BCUT2D eigenvalue weighted by atomic mass is 10.0. The predicted molar refractivity (Wildman–Crippen MR) is 108 cm³/mol. The molecule has 28 heavy (non-hydrogen) atoms. The van der Waals surface area contributed by atoms with E-state index < -0.39 is 5.97 Å². The van der Waals surface area contributed by atoms with Gasteiger partial charge in [0.05, 0.1) is 20.5 Å². The van der Waals surface area contributed by atoms with Crippen LogP contribution in [0.3, 0.4) is 0 Å². The molecule has 1 saturated heterocycles. The van der Waals surface area contributed by atoms with Crippen LogP contribution >= 0.6 is 0 Å². The van der Waals surface area contributed by atoms with Crippen LogP contribution in [0.1, 0.15) is 30.4 Å². The summed E-state index contributed by atoms with van der Waals surface area (Å²) in [5, 5.41) is 0. The first kappa shape index (κ1) is 19.7. The van der Waals surface area contributed by atoms with Gasteiger partial charge >= 0.3 is 5.97 Å². The number of nitrogens with zero attached hydrogens (tertiary/aromatic N) is 2. The van der Waals surface area contributed by atoms with E-state index in [2.05, 4.69) is 9.88 Å². The molecule has 2 aromatic rings. The number of methoxy groups -OCH3 is 2. The zero-order chi connectivity index (χ0) is 19.8. The number of ether oxygens (including phenoxy) is 3. The van der Waals surface area contributed by atoms with Gasteiger partial charge in [-0.05, 0) is 36.5 Å². The van der Waals surface area contributed by atoms with Crippen molar-refractivity contribution < 1.29 is 19.0 Å². The minimum Gasteiger partial charge on any atom is -0.503 e. The van der Waals surface area contributed by atoms with Crippen molar-refractivity contribution in [3.05, 3.63) is 59.9 Å². The van der Waals surface area contributed by atoms with Gasteiger partial charge in [0, 0.05) is 19.2 Å². The molecule has 0 atom stereocenters. The molecule has 0 radical (unpaired) electrons. The lowest BCUT2D eigenvalue weighted by Crippen LogP contribution is -2.30. The molecule has 6 nitrogen and oxygen atoms in total. The Morgan fingerprint density at radius 2 is 1.86 bits per heavy atom. The van der Waals surface area contributed by atoms with Crippen molar-refractivity contribution in [3.8, 4) is 5.88 Å². The van der Waals surface area contributed by atoms with Crippen molar-refractivity contribution in [1.29, 1.82) is 0 Å². The molecular formula is C22H26N2O4. The van der Waals surface area contributed by atoms with Crippen LogP contribution in [0.25, 0.3) is 5.57 Å². The Hall–Kier alpha value is -3.02. The number of rotatable bonds is 7. The normalized spacial score (nSPS) is 14.5. The van der Waals surface area contributed by atoms with E-state index in [1.165, 1.54) is 39.7 Å². The van der Waals surface area contributed by atoms with E-state index >= 15 is 0 Å². The van der Waals surface area contributed by atoms with Crippen LogP contribution in [0.15, 0.2) is 48.7 Å². The predicted octanol–water partition coefficient (Wildman–Crippen LogP) is 3.81. The first-order valence-corrected chi connectivity index (χ1v) is 9.47. The lowest BCUT2D eigenvalue weighted by Gasteiger charge is -2.27. The molecule has 1 aromatic heterocycles. The van der Waals surface area contributed by atoms with Crippen molar-refractivity contribution >= 4 is 17.4 Å². The van der Waals surface area contributed by atoms with Gasteiger partial charge in [-0.15, -0.1) is 0 Å². The molecule has 148 valence electrons.